The molecule has 1 amide bonds. The van der Waals surface area contributed by atoms with Crippen molar-refractivity contribution >= 4 is 5.91 Å². The van der Waals surface area contributed by atoms with Gasteiger partial charge in [0.15, 0.2) is 0 Å². The van der Waals surface area contributed by atoms with Crippen LogP contribution in [0.1, 0.15) is 36.9 Å². The second-order valence-electron chi connectivity index (χ2n) is 8.12. The zero-order valence-corrected chi connectivity index (χ0v) is 16.9. The van der Waals surface area contributed by atoms with Gasteiger partial charge in [-0.2, -0.15) is 0 Å². The molecule has 0 aliphatic carbocycles. The van der Waals surface area contributed by atoms with Crippen LogP contribution in [0.3, 0.4) is 0 Å². The van der Waals surface area contributed by atoms with Crippen LogP contribution in [0, 0.1) is 5.92 Å². The number of hydrogen-bond donors (Lipinski definition) is 1. The van der Waals surface area contributed by atoms with E-state index in [1.165, 1.54) is 24.7 Å². The molecule has 2 aromatic heterocycles. The van der Waals surface area contributed by atoms with E-state index in [9.17, 15) is 4.79 Å². The average Bonchev–Trinajstić information content (AvgIpc) is 2.79. The first kappa shape index (κ1) is 19.9. The van der Waals surface area contributed by atoms with Crippen molar-refractivity contribution in [2.45, 2.75) is 44.8 Å². The SMILES string of the molecule is O=C(NCc1ccncn1)[C@@H]1CCCN(C2CCN(Cc3cccnc3)CC2)C1. The summed E-state index contributed by atoms with van der Waals surface area (Å²) in [5, 5.41) is 3.06. The van der Waals surface area contributed by atoms with Gasteiger partial charge in [0.25, 0.3) is 0 Å². The molecule has 0 unspecified atom stereocenters. The van der Waals surface area contributed by atoms with Gasteiger partial charge in [-0.05, 0) is 63.0 Å². The Hall–Kier alpha value is -2.38. The lowest BCUT2D eigenvalue weighted by molar-refractivity contribution is -0.127. The van der Waals surface area contributed by atoms with E-state index in [0.717, 1.165) is 51.3 Å². The van der Waals surface area contributed by atoms with Gasteiger partial charge < -0.3 is 5.32 Å². The zero-order valence-electron chi connectivity index (χ0n) is 16.9. The lowest BCUT2D eigenvalue weighted by atomic mass is 9.93. The Morgan fingerprint density at radius 3 is 2.76 bits per heavy atom. The van der Waals surface area contributed by atoms with Crippen molar-refractivity contribution in [1.29, 1.82) is 0 Å². The van der Waals surface area contributed by atoms with Crippen LogP contribution >= 0.6 is 0 Å². The number of likely N-dealkylation sites (tertiary alicyclic amines) is 2. The highest BCUT2D eigenvalue weighted by atomic mass is 16.1. The van der Waals surface area contributed by atoms with Crippen molar-refractivity contribution in [3.63, 3.8) is 0 Å². The molecule has 29 heavy (non-hydrogen) atoms. The fourth-order valence-electron chi connectivity index (χ4n) is 4.49. The Balaban J connectivity index is 1.23. The summed E-state index contributed by atoms with van der Waals surface area (Å²) in [4.78, 5) is 30.0. The monoisotopic (exact) mass is 394 g/mol. The van der Waals surface area contributed by atoms with Gasteiger partial charge in [-0.3, -0.25) is 19.6 Å². The molecule has 154 valence electrons. The van der Waals surface area contributed by atoms with Gasteiger partial charge in [0, 0.05) is 37.7 Å². The predicted octanol–water partition coefficient (Wildman–Crippen LogP) is 1.86. The predicted molar refractivity (Wildman–Crippen MR) is 111 cm³/mol. The third kappa shape index (κ3) is 5.58. The Bertz CT molecular complexity index is 763. The van der Waals surface area contributed by atoms with E-state index in [2.05, 4.69) is 36.1 Å². The van der Waals surface area contributed by atoms with E-state index in [-0.39, 0.29) is 11.8 Å². The zero-order chi connectivity index (χ0) is 19.9. The van der Waals surface area contributed by atoms with E-state index in [1.54, 1.807) is 6.20 Å². The maximum atomic E-state index is 12.7. The number of nitrogens with one attached hydrogen (secondary N) is 1. The first-order chi connectivity index (χ1) is 14.3. The number of aromatic nitrogens is 3. The third-order valence-corrected chi connectivity index (χ3v) is 6.11. The molecule has 1 atom stereocenters. The molecule has 4 heterocycles. The highest BCUT2D eigenvalue weighted by Gasteiger charge is 2.31. The molecule has 0 aromatic carbocycles. The lowest BCUT2D eigenvalue weighted by Gasteiger charge is -2.42. The molecule has 0 bridgehead atoms. The molecule has 7 heteroatoms. The van der Waals surface area contributed by atoms with E-state index in [4.69, 9.17) is 0 Å². The molecular weight excluding hydrogens is 364 g/mol. The van der Waals surface area contributed by atoms with Gasteiger partial charge in [-0.15, -0.1) is 0 Å². The Morgan fingerprint density at radius 1 is 1.10 bits per heavy atom. The quantitative estimate of drug-likeness (QED) is 0.806. The van der Waals surface area contributed by atoms with Crippen molar-refractivity contribution in [2.75, 3.05) is 26.2 Å². The number of carbonyl (C=O) groups excluding carboxylic acids is 1. The first-order valence-corrected chi connectivity index (χ1v) is 10.7. The van der Waals surface area contributed by atoms with Crippen LogP contribution in [0.15, 0.2) is 43.1 Å². The van der Waals surface area contributed by atoms with E-state index in [0.29, 0.717) is 12.6 Å². The maximum Gasteiger partial charge on any atom is 0.224 e. The molecule has 1 N–H and O–H groups in total. The largest absolute Gasteiger partial charge is 0.350 e. The Kier molecular flexibility index (Phi) is 6.79. The van der Waals surface area contributed by atoms with E-state index < -0.39 is 0 Å². The normalized spacial score (nSPS) is 21.7. The first-order valence-electron chi connectivity index (χ1n) is 10.7. The summed E-state index contributed by atoms with van der Waals surface area (Å²) >= 11 is 0. The average molecular weight is 395 g/mol. The van der Waals surface area contributed by atoms with Crippen LogP contribution in [-0.4, -0.2) is 62.9 Å². The van der Waals surface area contributed by atoms with Crippen LogP contribution in [0.4, 0.5) is 0 Å². The molecule has 2 aliphatic heterocycles. The van der Waals surface area contributed by atoms with Crippen molar-refractivity contribution in [2.24, 2.45) is 5.92 Å². The Labute approximate surface area is 172 Å². The number of pyridine rings is 1. The summed E-state index contributed by atoms with van der Waals surface area (Å²) < 4.78 is 0. The summed E-state index contributed by atoms with van der Waals surface area (Å²) in [6, 6.07) is 6.59. The van der Waals surface area contributed by atoms with Gasteiger partial charge in [0.05, 0.1) is 18.2 Å². The van der Waals surface area contributed by atoms with Gasteiger partial charge in [-0.25, -0.2) is 9.97 Å². The van der Waals surface area contributed by atoms with Crippen molar-refractivity contribution in [1.82, 2.24) is 30.1 Å². The maximum absolute atomic E-state index is 12.7. The lowest BCUT2D eigenvalue weighted by Crippen LogP contribution is -2.50. The van der Waals surface area contributed by atoms with Crippen molar-refractivity contribution < 1.29 is 4.79 Å². The molecule has 2 aromatic rings. The van der Waals surface area contributed by atoms with Crippen LogP contribution in [0.25, 0.3) is 0 Å². The molecule has 0 spiro atoms. The Morgan fingerprint density at radius 2 is 2.00 bits per heavy atom. The van der Waals surface area contributed by atoms with Gasteiger partial charge in [0.1, 0.15) is 6.33 Å². The standard InChI is InChI=1S/C22H30N6O/c29-22(25-14-20-5-9-24-17-26-20)19-4-2-10-28(16-19)21-6-11-27(12-7-21)15-18-3-1-8-23-13-18/h1,3,5,8-9,13,17,19,21H,2,4,6-7,10-12,14-16H2,(H,25,29)/t19-/m1/s1. The minimum atomic E-state index is 0.0824. The molecule has 7 nitrogen and oxygen atoms in total. The molecule has 2 fully saturated rings. The molecule has 0 saturated carbocycles. The molecule has 2 aliphatic rings. The highest BCUT2D eigenvalue weighted by Crippen LogP contribution is 2.24. The van der Waals surface area contributed by atoms with Crippen LogP contribution < -0.4 is 5.32 Å². The van der Waals surface area contributed by atoms with Crippen LogP contribution in [-0.2, 0) is 17.9 Å². The molecular formula is C22H30N6O. The third-order valence-electron chi connectivity index (χ3n) is 6.11. The number of nitrogens with zero attached hydrogens (tertiary/aromatic N) is 5. The minimum Gasteiger partial charge on any atom is -0.350 e. The summed E-state index contributed by atoms with van der Waals surface area (Å²) in [6.07, 6.45) is 11.4. The number of piperidine rings is 2. The second kappa shape index (κ2) is 9.89. The highest BCUT2D eigenvalue weighted by molar-refractivity contribution is 5.78. The smallest absolute Gasteiger partial charge is 0.224 e. The van der Waals surface area contributed by atoms with E-state index >= 15 is 0 Å². The topological polar surface area (TPSA) is 74.2 Å². The number of rotatable bonds is 6. The summed E-state index contributed by atoms with van der Waals surface area (Å²) in [5.74, 6) is 0.237. The van der Waals surface area contributed by atoms with Gasteiger partial charge >= 0.3 is 0 Å². The van der Waals surface area contributed by atoms with Crippen LogP contribution in [0.5, 0.6) is 0 Å². The van der Waals surface area contributed by atoms with Gasteiger partial charge in [-0.1, -0.05) is 6.07 Å². The number of amides is 1. The summed E-state index contributed by atoms with van der Waals surface area (Å²) in [6.45, 7) is 5.67. The molecule has 2 saturated heterocycles. The fourth-order valence-corrected chi connectivity index (χ4v) is 4.49. The second-order valence-corrected chi connectivity index (χ2v) is 8.12. The summed E-state index contributed by atoms with van der Waals surface area (Å²) in [5.41, 5.74) is 2.13. The number of hydrogen-bond acceptors (Lipinski definition) is 6. The van der Waals surface area contributed by atoms with E-state index in [1.807, 2.05) is 24.5 Å². The molecule has 0 radical (unpaired) electrons. The van der Waals surface area contributed by atoms with Gasteiger partial charge in [0.2, 0.25) is 5.91 Å². The van der Waals surface area contributed by atoms with Crippen molar-refractivity contribution in [3.8, 4) is 0 Å². The molecule has 4 rings (SSSR count). The van der Waals surface area contributed by atoms with Crippen molar-refractivity contribution in [3.05, 3.63) is 54.4 Å². The number of carbonyl (C=O) groups is 1. The summed E-state index contributed by atoms with van der Waals surface area (Å²) in [7, 11) is 0. The fraction of sp³-hybridized carbons (Fsp3) is 0.545. The minimum absolute atomic E-state index is 0.0824. The van der Waals surface area contributed by atoms with Crippen LogP contribution in [0.2, 0.25) is 0 Å².